The van der Waals surface area contributed by atoms with Crippen molar-refractivity contribution in [1.29, 1.82) is 0 Å². The molecular formula is C45H83N. The van der Waals surface area contributed by atoms with Crippen LogP contribution in [0.4, 0.5) is 0 Å². The van der Waals surface area contributed by atoms with E-state index in [4.69, 9.17) is 0 Å². The SMILES string of the molecule is C.CC(C)CC(CC(C)C)CN(C)C.CC(C)CC(Cc1ccccc1)CC(C)C.CC(C)CC(Cc1ccccc1)CC(C)C. The average molecular weight is 638 g/mol. The van der Waals surface area contributed by atoms with Crippen LogP contribution in [0.25, 0.3) is 0 Å². The van der Waals surface area contributed by atoms with Gasteiger partial charge in [-0.25, -0.2) is 0 Å². The van der Waals surface area contributed by atoms with Crippen LogP contribution in [0.2, 0.25) is 0 Å². The Balaban J connectivity index is 0. The maximum absolute atomic E-state index is 2.33. The van der Waals surface area contributed by atoms with E-state index in [0.29, 0.717) is 0 Å². The van der Waals surface area contributed by atoms with E-state index in [0.717, 1.165) is 53.3 Å². The first-order valence-electron chi connectivity index (χ1n) is 18.8. The molecule has 1 heteroatoms. The van der Waals surface area contributed by atoms with Crippen LogP contribution in [0, 0.1) is 53.3 Å². The molecule has 0 aliphatic heterocycles. The van der Waals surface area contributed by atoms with Crippen molar-refractivity contribution in [2.75, 3.05) is 20.6 Å². The van der Waals surface area contributed by atoms with Gasteiger partial charge in [-0.2, -0.15) is 0 Å². The van der Waals surface area contributed by atoms with Gasteiger partial charge in [0.05, 0.1) is 0 Å². The predicted octanol–water partition coefficient (Wildman–Crippen LogP) is 13.8. The minimum absolute atomic E-state index is 0. The van der Waals surface area contributed by atoms with Crippen molar-refractivity contribution in [1.82, 2.24) is 4.90 Å². The Bertz CT molecular complexity index is 788. The highest BCUT2D eigenvalue weighted by Gasteiger charge is 2.15. The Labute approximate surface area is 291 Å². The van der Waals surface area contributed by atoms with E-state index < -0.39 is 0 Å². The Hall–Kier alpha value is -1.60. The second-order valence-electron chi connectivity index (χ2n) is 17.0. The summed E-state index contributed by atoms with van der Waals surface area (Å²) in [5.41, 5.74) is 2.99. The quantitative estimate of drug-likeness (QED) is 0.157. The monoisotopic (exact) mass is 638 g/mol. The van der Waals surface area contributed by atoms with E-state index in [1.165, 1.54) is 69.0 Å². The molecular weight excluding hydrogens is 555 g/mol. The fourth-order valence-corrected chi connectivity index (χ4v) is 7.18. The highest BCUT2D eigenvalue weighted by atomic mass is 15.1. The first-order chi connectivity index (χ1) is 21.1. The Kier molecular flexibility index (Phi) is 27.7. The molecule has 0 radical (unpaired) electrons. The number of hydrogen-bond acceptors (Lipinski definition) is 1. The van der Waals surface area contributed by atoms with E-state index >= 15 is 0 Å². The Morgan fingerprint density at radius 1 is 0.391 bits per heavy atom. The minimum Gasteiger partial charge on any atom is -0.309 e. The zero-order chi connectivity index (χ0) is 34.4. The third-order valence-electron chi connectivity index (χ3n) is 8.19. The Morgan fingerprint density at radius 2 is 0.630 bits per heavy atom. The van der Waals surface area contributed by atoms with Gasteiger partial charge in [-0.05, 0) is 130 Å². The predicted molar refractivity (Wildman–Crippen MR) is 213 cm³/mol. The molecule has 2 aromatic carbocycles. The van der Waals surface area contributed by atoms with Gasteiger partial charge in [0, 0.05) is 6.54 Å². The summed E-state index contributed by atoms with van der Waals surface area (Å²) in [5, 5.41) is 0. The first-order valence-corrected chi connectivity index (χ1v) is 18.8. The summed E-state index contributed by atoms with van der Waals surface area (Å²) in [6.45, 7) is 29.2. The van der Waals surface area contributed by atoms with E-state index in [9.17, 15) is 0 Å². The van der Waals surface area contributed by atoms with Crippen LogP contribution in [0.3, 0.4) is 0 Å². The van der Waals surface area contributed by atoms with Crippen molar-refractivity contribution in [3.8, 4) is 0 Å². The van der Waals surface area contributed by atoms with E-state index in [2.05, 4.69) is 163 Å². The third kappa shape index (κ3) is 28.6. The molecule has 0 aliphatic carbocycles. The number of benzene rings is 2. The summed E-state index contributed by atoms with van der Waals surface area (Å²) in [5.74, 6) is 7.51. The maximum atomic E-state index is 2.33. The lowest BCUT2D eigenvalue weighted by Gasteiger charge is -2.24. The number of rotatable bonds is 18. The van der Waals surface area contributed by atoms with Gasteiger partial charge in [-0.15, -0.1) is 0 Å². The smallest absolute Gasteiger partial charge is 0.000375 e. The molecule has 46 heavy (non-hydrogen) atoms. The molecule has 0 atom stereocenters. The van der Waals surface area contributed by atoms with Crippen LogP contribution >= 0.6 is 0 Å². The molecule has 0 saturated carbocycles. The van der Waals surface area contributed by atoms with Crippen LogP contribution in [-0.2, 0) is 12.8 Å². The van der Waals surface area contributed by atoms with Gasteiger partial charge < -0.3 is 4.90 Å². The normalized spacial score (nSPS) is 11.7. The van der Waals surface area contributed by atoms with Crippen LogP contribution in [0.1, 0.15) is 140 Å². The molecule has 0 saturated heterocycles. The summed E-state index contributed by atoms with van der Waals surface area (Å²) < 4.78 is 0. The number of hydrogen-bond donors (Lipinski definition) is 0. The fraction of sp³-hybridized carbons (Fsp3) is 0.733. The van der Waals surface area contributed by atoms with Crippen molar-refractivity contribution in [2.45, 2.75) is 142 Å². The number of nitrogens with zero attached hydrogens (tertiary/aromatic N) is 1. The highest BCUT2D eigenvalue weighted by molar-refractivity contribution is 5.16. The van der Waals surface area contributed by atoms with Gasteiger partial charge in [-0.1, -0.05) is 151 Å². The Morgan fingerprint density at radius 3 is 0.848 bits per heavy atom. The molecule has 2 aromatic rings. The zero-order valence-corrected chi connectivity index (χ0v) is 32.8. The lowest BCUT2D eigenvalue weighted by Crippen LogP contribution is -2.24. The topological polar surface area (TPSA) is 3.24 Å². The molecule has 0 spiro atoms. The molecule has 1 nitrogen and oxygen atoms in total. The molecule has 0 aliphatic rings. The van der Waals surface area contributed by atoms with Gasteiger partial charge in [0.15, 0.2) is 0 Å². The minimum atomic E-state index is 0. The molecule has 0 unspecified atom stereocenters. The lowest BCUT2D eigenvalue weighted by molar-refractivity contribution is 0.256. The maximum Gasteiger partial charge on any atom is 0.000375 e. The van der Waals surface area contributed by atoms with Crippen molar-refractivity contribution in [3.05, 3.63) is 71.8 Å². The van der Waals surface area contributed by atoms with Crippen LogP contribution in [-0.4, -0.2) is 25.5 Å². The van der Waals surface area contributed by atoms with E-state index in [-0.39, 0.29) is 7.43 Å². The molecule has 268 valence electrons. The molecule has 0 N–H and O–H groups in total. The standard InChI is InChI=1S/2C16H26.C12H27N.CH4/c2*1-13(2)10-16(11-14(3)4)12-15-8-6-5-7-9-15;1-10(2)7-12(8-11(3)4)9-13(5)6;/h2*5-9,13-14,16H,10-12H2,1-4H3;10-12H,7-9H2,1-6H3;1H4. The van der Waals surface area contributed by atoms with Gasteiger partial charge in [0.2, 0.25) is 0 Å². The summed E-state index contributed by atoms with van der Waals surface area (Å²) >= 11 is 0. The summed E-state index contributed by atoms with van der Waals surface area (Å²) in [7, 11) is 4.35. The highest BCUT2D eigenvalue weighted by Crippen LogP contribution is 2.25. The lowest BCUT2D eigenvalue weighted by atomic mass is 9.85. The van der Waals surface area contributed by atoms with Crippen LogP contribution in [0.5, 0.6) is 0 Å². The van der Waals surface area contributed by atoms with Crippen molar-refractivity contribution in [3.63, 3.8) is 0 Å². The van der Waals surface area contributed by atoms with Crippen LogP contribution < -0.4 is 0 Å². The summed E-state index contributed by atoms with van der Waals surface area (Å²) in [6.07, 6.45) is 10.7. The van der Waals surface area contributed by atoms with Gasteiger partial charge >= 0.3 is 0 Å². The van der Waals surface area contributed by atoms with E-state index in [1.807, 2.05) is 0 Å². The molecule has 0 aromatic heterocycles. The van der Waals surface area contributed by atoms with Gasteiger partial charge in [-0.3, -0.25) is 0 Å². The summed E-state index contributed by atoms with van der Waals surface area (Å²) in [6, 6.07) is 21.8. The van der Waals surface area contributed by atoms with Gasteiger partial charge in [0.1, 0.15) is 0 Å². The van der Waals surface area contributed by atoms with E-state index in [1.54, 1.807) is 0 Å². The van der Waals surface area contributed by atoms with Gasteiger partial charge in [0.25, 0.3) is 0 Å². The zero-order valence-electron chi connectivity index (χ0n) is 32.8. The summed E-state index contributed by atoms with van der Waals surface area (Å²) in [4.78, 5) is 2.31. The average Bonchev–Trinajstić information content (AvgIpc) is 2.88. The van der Waals surface area contributed by atoms with Crippen molar-refractivity contribution >= 4 is 0 Å². The molecule has 0 bridgehead atoms. The molecule has 0 heterocycles. The largest absolute Gasteiger partial charge is 0.309 e. The second-order valence-corrected chi connectivity index (χ2v) is 17.0. The fourth-order valence-electron chi connectivity index (χ4n) is 7.18. The molecule has 0 amide bonds. The second kappa shape index (κ2) is 27.4. The third-order valence-corrected chi connectivity index (χ3v) is 8.19. The molecule has 2 rings (SSSR count). The van der Waals surface area contributed by atoms with Crippen molar-refractivity contribution in [2.24, 2.45) is 53.3 Å². The first kappa shape index (κ1) is 46.5. The van der Waals surface area contributed by atoms with Crippen LogP contribution in [0.15, 0.2) is 60.7 Å². The van der Waals surface area contributed by atoms with Crippen molar-refractivity contribution < 1.29 is 0 Å². The molecule has 0 fully saturated rings.